The van der Waals surface area contributed by atoms with Crippen LogP contribution < -0.4 is 0 Å². The maximum atomic E-state index is 8.82. The summed E-state index contributed by atoms with van der Waals surface area (Å²) in [6, 6.07) is 2.27. The van der Waals surface area contributed by atoms with Crippen LogP contribution in [0.1, 0.15) is 18.7 Å². The van der Waals surface area contributed by atoms with Gasteiger partial charge in [0.05, 0.1) is 6.07 Å². The Morgan fingerprint density at radius 1 is 1.73 bits per heavy atom. The molecule has 4 nitrogen and oxygen atoms in total. The van der Waals surface area contributed by atoms with E-state index in [2.05, 4.69) is 16.2 Å². The maximum Gasteiger partial charge on any atom is 0.147 e. The van der Waals surface area contributed by atoms with Gasteiger partial charge in [0.25, 0.3) is 0 Å². The predicted molar refractivity (Wildman–Crippen MR) is 37.5 cm³/mol. The fraction of sp³-hybridized carbons (Fsp3) is 0.571. The molecular weight excluding hydrogens is 140 g/mol. The predicted octanol–water partition coefficient (Wildman–Crippen LogP) is 0.370. The number of hydrogen-bond acceptors (Lipinski definition) is 3. The summed E-state index contributed by atoms with van der Waals surface area (Å²) in [7, 11) is 1.82. The molecule has 11 heavy (non-hydrogen) atoms. The van der Waals surface area contributed by atoms with E-state index in [1.165, 1.54) is 6.33 Å². The van der Waals surface area contributed by atoms with Crippen LogP contribution >= 0.6 is 0 Å². The van der Waals surface area contributed by atoms with Crippen molar-refractivity contribution >= 4 is 0 Å². The van der Waals surface area contributed by atoms with E-state index in [-0.39, 0.29) is 5.41 Å². The summed E-state index contributed by atoms with van der Waals surface area (Å²) in [5.41, 5.74) is -0.300. The minimum Gasteiger partial charge on any atom is -0.252 e. The molecule has 1 heterocycles. The Balaban J connectivity index is 2.45. The Hall–Kier alpha value is -1.37. The number of nitrogens with zero attached hydrogens (tertiary/aromatic N) is 4. The largest absolute Gasteiger partial charge is 0.252 e. The van der Waals surface area contributed by atoms with Gasteiger partial charge in [0.2, 0.25) is 0 Å². The molecule has 0 aromatic carbocycles. The molecule has 1 aromatic heterocycles. The average molecular weight is 148 g/mol. The first-order valence-electron chi connectivity index (χ1n) is 3.54. The van der Waals surface area contributed by atoms with Crippen molar-refractivity contribution in [3.05, 3.63) is 12.2 Å². The second-order valence-corrected chi connectivity index (χ2v) is 2.90. The highest BCUT2D eigenvalue weighted by Crippen LogP contribution is 2.46. The van der Waals surface area contributed by atoms with Gasteiger partial charge in [-0.2, -0.15) is 10.4 Å². The lowest BCUT2D eigenvalue weighted by Gasteiger charge is -2.01. The summed E-state index contributed by atoms with van der Waals surface area (Å²) in [6.45, 7) is 0. The first kappa shape index (κ1) is 6.35. The van der Waals surface area contributed by atoms with E-state index in [1.54, 1.807) is 4.68 Å². The molecule has 0 radical (unpaired) electrons. The lowest BCUT2D eigenvalue weighted by molar-refractivity contribution is 0.661. The molecule has 1 fully saturated rings. The van der Waals surface area contributed by atoms with Gasteiger partial charge in [-0.1, -0.05) is 0 Å². The van der Waals surface area contributed by atoms with Gasteiger partial charge in [-0.3, -0.25) is 4.68 Å². The van der Waals surface area contributed by atoms with Crippen LogP contribution in [0.25, 0.3) is 0 Å². The van der Waals surface area contributed by atoms with Gasteiger partial charge in [0.15, 0.2) is 0 Å². The molecule has 1 saturated carbocycles. The first-order chi connectivity index (χ1) is 5.28. The van der Waals surface area contributed by atoms with Gasteiger partial charge in [0.1, 0.15) is 17.6 Å². The van der Waals surface area contributed by atoms with Crippen LogP contribution in [0.3, 0.4) is 0 Å². The van der Waals surface area contributed by atoms with Crippen molar-refractivity contribution in [2.45, 2.75) is 18.3 Å². The maximum absolute atomic E-state index is 8.82. The Morgan fingerprint density at radius 2 is 2.45 bits per heavy atom. The molecule has 1 aromatic rings. The lowest BCUT2D eigenvalue weighted by atomic mass is 10.1. The Kier molecular flexibility index (Phi) is 1.05. The highest BCUT2D eigenvalue weighted by Gasteiger charge is 2.48. The molecule has 0 bridgehead atoms. The van der Waals surface area contributed by atoms with Crippen molar-refractivity contribution < 1.29 is 0 Å². The van der Waals surface area contributed by atoms with Gasteiger partial charge < -0.3 is 0 Å². The summed E-state index contributed by atoms with van der Waals surface area (Å²) in [6.07, 6.45) is 3.35. The Bertz CT molecular complexity index is 315. The Labute approximate surface area is 64.5 Å². The van der Waals surface area contributed by atoms with E-state index >= 15 is 0 Å². The fourth-order valence-electron chi connectivity index (χ4n) is 1.24. The topological polar surface area (TPSA) is 54.5 Å². The van der Waals surface area contributed by atoms with Crippen LogP contribution in [0, 0.1) is 11.3 Å². The van der Waals surface area contributed by atoms with Gasteiger partial charge >= 0.3 is 0 Å². The van der Waals surface area contributed by atoms with Crippen molar-refractivity contribution in [1.29, 1.82) is 5.26 Å². The highest BCUT2D eigenvalue weighted by molar-refractivity contribution is 5.28. The number of aromatic nitrogens is 3. The van der Waals surface area contributed by atoms with Crippen molar-refractivity contribution in [2.24, 2.45) is 7.05 Å². The third kappa shape index (κ3) is 0.741. The number of nitriles is 1. The summed E-state index contributed by atoms with van der Waals surface area (Å²) >= 11 is 0. The summed E-state index contributed by atoms with van der Waals surface area (Å²) in [5, 5.41) is 12.7. The lowest BCUT2D eigenvalue weighted by Crippen LogP contribution is -2.11. The third-order valence-electron chi connectivity index (χ3n) is 2.10. The highest BCUT2D eigenvalue weighted by atomic mass is 15.3. The molecule has 0 unspecified atom stereocenters. The molecule has 56 valence electrons. The molecule has 4 heteroatoms. The van der Waals surface area contributed by atoms with Crippen molar-refractivity contribution in [3.8, 4) is 6.07 Å². The molecule has 0 N–H and O–H groups in total. The summed E-state index contributed by atoms with van der Waals surface area (Å²) in [4.78, 5) is 4.05. The van der Waals surface area contributed by atoms with Crippen LogP contribution in [0.4, 0.5) is 0 Å². The smallest absolute Gasteiger partial charge is 0.147 e. The van der Waals surface area contributed by atoms with E-state index < -0.39 is 0 Å². The van der Waals surface area contributed by atoms with E-state index in [9.17, 15) is 0 Å². The Morgan fingerprint density at radius 3 is 2.82 bits per heavy atom. The SMILES string of the molecule is Cn1ncnc1C1(C#N)CC1. The molecule has 0 spiro atoms. The third-order valence-corrected chi connectivity index (χ3v) is 2.10. The summed E-state index contributed by atoms with van der Waals surface area (Å²) in [5.74, 6) is 0.806. The van der Waals surface area contributed by atoms with Crippen LogP contribution in [0.5, 0.6) is 0 Å². The molecule has 0 aliphatic heterocycles. The van der Waals surface area contributed by atoms with E-state index in [4.69, 9.17) is 5.26 Å². The molecule has 0 saturated heterocycles. The second-order valence-electron chi connectivity index (χ2n) is 2.90. The molecule has 1 aliphatic carbocycles. The van der Waals surface area contributed by atoms with Crippen LogP contribution in [-0.2, 0) is 12.5 Å². The zero-order chi connectivity index (χ0) is 7.90. The normalized spacial score (nSPS) is 19.3. The molecule has 0 atom stereocenters. The molecular formula is C7H8N4. The van der Waals surface area contributed by atoms with Gasteiger partial charge in [-0.05, 0) is 12.8 Å². The zero-order valence-electron chi connectivity index (χ0n) is 6.28. The van der Waals surface area contributed by atoms with E-state index in [0.717, 1.165) is 18.7 Å². The fourth-order valence-corrected chi connectivity index (χ4v) is 1.24. The van der Waals surface area contributed by atoms with Gasteiger partial charge in [-0.15, -0.1) is 0 Å². The number of rotatable bonds is 1. The van der Waals surface area contributed by atoms with Crippen LogP contribution in [-0.4, -0.2) is 14.8 Å². The molecule has 1 aliphatic rings. The standard InChI is InChI=1S/C7H8N4/c1-11-6(9-5-10-11)7(4-8)2-3-7/h5H,2-3H2,1H3. The van der Waals surface area contributed by atoms with Crippen LogP contribution in [0.2, 0.25) is 0 Å². The van der Waals surface area contributed by atoms with Crippen LogP contribution in [0.15, 0.2) is 6.33 Å². The minimum atomic E-state index is -0.300. The average Bonchev–Trinajstić information content (AvgIpc) is 2.70. The van der Waals surface area contributed by atoms with Gasteiger partial charge in [-0.25, -0.2) is 4.98 Å². The quantitative estimate of drug-likeness (QED) is 0.578. The van der Waals surface area contributed by atoms with E-state index in [0.29, 0.717) is 0 Å². The first-order valence-corrected chi connectivity index (χ1v) is 3.54. The van der Waals surface area contributed by atoms with Crippen molar-refractivity contribution in [1.82, 2.24) is 14.8 Å². The van der Waals surface area contributed by atoms with Crippen molar-refractivity contribution in [3.63, 3.8) is 0 Å². The number of hydrogen-bond donors (Lipinski definition) is 0. The summed E-state index contributed by atoms with van der Waals surface area (Å²) < 4.78 is 1.68. The van der Waals surface area contributed by atoms with Crippen molar-refractivity contribution in [2.75, 3.05) is 0 Å². The monoisotopic (exact) mass is 148 g/mol. The number of aryl methyl sites for hydroxylation is 1. The minimum absolute atomic E-state index is 0.300. The zero-order valence-corrected chi connectivity index (χ0v) is 6.28. The second kappa shape index (κ2) is 1.82. The van der Waals surface area contributed by atoms with Gasteiger partial charge in [0, 0.05) is 7.05 Å². The van der Waals surface area contributed by atoms with E-state index in [1.807, 2.05) is 7.05 Å². The molecule has 2 rings (SSSR count). The molecule has 0 amide bonds.